The van der Waals surface area contributed by atoms with E-state index < -0.39 is 0 Å². The predicted octanol–water partition coefficient (Wildman–Crippen LogP) is 0.834. The molecule has 2 nitrogen and oxygen atoms in total. The van der Waals surface area contributed by atoms with Crippen LogP contribution in [0.4, 0.5) is 0 Å². The Kier molecular flexibility index (Phi) is 1.24. The van der Waals surface area contributed by atoms with Crippen LogP contribution in [0, 0.1) is 6.07 Å². The van der Waals surface area contributed by atoms with Crippen LogP contribution in [0.3, 0.4) is 0 Å². The Labute approximate surface area is 48.7 Å². The van der Waals surface area contributed by atoms with Gasteiger partial charge in [-0.15, -0.1) is 0 Å². The molecule has 2 heteroatoms. The fourth-order valence-electron chi connectivity index (χ4n) is 0.593. The Morgan fingerprint density at radius 2 is 2.50 bits per heavy atom. The summed E-state index contributed by atoms with van der Waals surface area (Å²) in [5.41, 5.74) is 0. The minimum Gasteiger partial charge on any atom is -0.482 e. The van der Waals surface area contributed by atoms with E-state index in [0.29, 0.717) is 0 Å². The zero-order valence-corrected chi connectivity index (χ0v) is 5.01. The summed E-state index contributed by atoms with van der Waals surface area (Å²) < 4.78 is 6.75. The number of methoxy groups -OCH3 is 1. The van der Waals surface area contributed by atoms with Crippen molar-refractivity contribution in [3.05, 3.63) is 18.3 Å². The van der Waals surface area contributed by atoms with Crippen molar-refractivity contribution < 1.29 is 4.74 Å². The Balaban J connectivity index is 2.92. The molecule has 1 aromatic rings. The second-order valence-electron chi connectivity index (χ2n) is 1.58. The topological polar surface area (TPSA) is 14.2 Å². The molecule has 0 aliphatic carbocycles. The molecule has 0 saturated carbocycles. The van der Waals surface area contributed by atoms with Gasteiger partial charge in [0.15, 0.2) is 0 Å². The maximum atomic E-state index is 4.89. The van der Waals surface area contributed by atoms with E-state index >= 15 is 0 Å². The smallest absolute Gasteiger partial charge is 0.201 e. The third kappa shape index (κ3) is 0.689. The van der Waals surface area contributed by atoms with Crippen molar-refractivity contribution in [2.75, 3.05) is 7.11 Å². The van der Waals surface area contributed by atoms with Gasteiger partial charge in [0.25, 0.3) is 0 Å². The molecule has 43 valence electrons. The number of ether oxygens (including phenoxy) is 1. The molecule has 1 aromatic heterocycles. The first-order chi connectivity index (χ1) is 3.84. The maximum Gasteiger partial charge on any atom is 0.201 e. The van der Waals surface area contributed by atoms with Gasteiger partial charge in [-0.2, -0.15) is 0 Å². The van der Waals surface area contributed by atoms with E-state index in [1.54, 1.807) is 7.11 Å². The lowest BCUT2D eigenvalue weighted by Crippen LogP contribution is -1.90. The molecule has 0 unspecified atom stereocenters. The number of nitrogens with zero attached hydrogens (tertiary/aromatic N) is 1. The van der Waals surface area contributed by atoms with Crippen LogP contribution < -0.4 is 4.74 Å². The van der Waals surface area contributed by atoms with Gasteiger partial charge in [-0.3, -0.25) is 0 Å². The summed E-state index contributed by atoms with van der Waals surface area (Å²) in [5, 5.41) is 0. The Morgan fingerprint density at radius 1 is 1.75 bits per heavy atom. The molecule has 0 fully saturated rings. The van der Waals surface area contributed by atoms with Gasteiger partial charge < -0.3 is 9.30 Å². The molecule has 0 amide bonds. The quantitative estimate of drug-likeness (QED) is 0.522. The first-order valence-electron chi connectivity index (χ1n) is 2.41. The van der Waals surface area contributed by atoms with Gasteiger partial charge in [0.2, 0.25) is 5.88 Å². The van der Waals surface area contributed by atoms with Crippen molar-refractivity contribution in [1.29, 1.82) is 0 Å². The number of aryl methyl sites for hydroxylation is 1. The summed E-state index contributed by atoms with van der Waals surface area (Å²) in [6.07, 6.45) is 1.89. The molecule has 0 aliphatic heterocycles. The van der Waals surface area contributed by atoms with Gasteiger partial charge >= 0.3 is 0 Å². The van der Waals surface area contributed by atoms with Gasteiger partial charge in [-0.25, -0.2) is 0 Å². The van der Waals surface area contributed by atoms with Crippen molar-refractivity contribution in [2.45, 2.75) is 0 Å². The number of hydrogen-bond donors (Lipinski definition) is 0. The summed E-state index contributed by atoms with van der Waals surface area (Å²) >= 11 is 0. The lowest BCUT2D eigenvalue weighted by Gasteiger charge is -1.97. The molecule has 0 bridgehead atoms. The molecule has 0 N–H and O–H groups in total. The largest absolute Gasteiger partial charge is 0.482 e. The van der Waals surface area contributed by atoms with Gasteiger partial charge in [0.05, 0.1) is 7.11 Å². The zero-order valence-electron chi connectivity index (χ0n) is 5.01. The van der Waals surface area contributed by atoms with E-state index in [0.717, 1.165) is 5.88 Å². The van der Waals surface area contributed by atoms with E-state index in [2.05, 4.69) is 6.07 Å². The molecule has 0 aliphatic rings. The summed E-state index contributed by atoms with van der Waals surface area (Å²) in [6, 6.07) is 4.71. The number of hydrogen-bond acceptors (Lipinski definition) is 1. The summed E-state index contributed by atoms with van der Waals surface area (Å²) in [7, 11) is 3.54. The minimum atomic E-state index is 0.769. The fourth-order valence-corrected chi connectivity index (χ4v) is 0.593. The van der Waals surface area contributed by atoms with Crippen LogP contribution in [-0.2, 0) is 7.05 Å². The highest BCUT2D eigenvalue weighted by Gasteiger charge is 1.90. The van der Waals surface area contributed by atoms with E-state index in [1.807, 2.05) is 23.9 Å². The van der Waals surface area contributed by atoms with Crippen LogP contribution in [0.5, 0.6) is 5.88 Å². The third-order valence-electron chi connectivity index (χ3n) is 1.02. The van der Waals surface area contributed by atoms with Crippen LogP contribution in [0.25, 0.3) is 0 Å². The lowest BCUT2D eigenvalue weighted by atomic mass is 10.7. The SMILES string of the molecule is COc1[c]ccn1C. The molecule has 1 rings (SSSR count). The van der Waals surface area contributed by atoms with E-state index in [4.69, 9.17) is 4.74 Å². The average molecular weight is 110 g/mol. The molecule has 8 heavy (non-hydrogen) atoms. The van der Waals surface area contributed by atoms with Gasteiger partial charge in [-0.05, 0) is 6.07 Å². The molecule has 0 aromatic carbocycles. The van der Waals surface area contributed by atoms with Crippen molar-refractivity contribution in [3.63, 3.8) is 0 Å². The highest BCUT2D eigenvalue weighted by Crippen LogP contribution is 2.05. The second kappa shape index (κ2) is 1.90. The average Bonchev–Trinajstić information content (AvgIpc) is 2.14. The Morgan fingerprint density at radius 3 is 2.75 bits per heavy atom. The van der Waals surface area contributed by atoms with Crippen LogP contribution >= 0.6 is 0 Å². The highest BCUT2D eigenvalue weighted by molar-refractivity contribution is 5.09. The third-order valence-corrected chi connectivity index (χ3v) is 1.02. The van der Waals surface area contributed by atoms with Crippen LogP contribution in [0.15, 0.2) is 12.3 Å². The lowest BCUT2D eigenvalue weighted by molar-refractivity contribution is 0.381. The van der Waals surface area contributed by atoms with Crippen LogP contribution in [-0.4, -0.2) is 11.7 Å². The first kappa shape index (κ1) is 5.22. The summed E-state index contributed by atoms with van der Waals surface area (Å²) in [5.74, 6) is 0.769. The molecule has 0 saturated heterocycles. The standard InChI is InChI=1S/C6H8NO/c1-7-5-3-4-6(7)8-2/h3,5H,1-2H3. The van der Waals surface area contributed by atoms with Crippen molar-refractivity contribution in [1.82, 2.24) is 4.57 Å². The van der Waals surface area contributed by atoms with E-state index in [9.17, 15) is 0 Å². The highest BCUT2D eigenvalue weighted by atomic mass is 16.5. The molecule has 1 heterocycles. The van der Waals surface area contributed by atoms with Crippen LogP contribution in [0.1, 0.15) is 0 Å². The molecular formula is C6H8NO. The minimum absolute atomic E-state index is 0.769. The van der Waals surface area contributed by atoms with Crippen molar-refractivity contribution in [3.8, 4) is 5.88 Å². The van der Waals surface area contributed by atoms with Gasteiger partial charge in [-0.1, -0.05) is 0 Å². The maximum absolute atomic E-state index is 4.89. The van der Waals surface area contributed by atoms with Gasteiger partial charge in [0.1, 0.15) is 0 Å². The fraction of sp³-hybridized carbons (Fsp3) is 0.333. The molecular weight excluding hydrogens is 102 g/mol. The first-order valence-corrected chi connectivity index (χ1v) is 2.41. The van der Waals surface area contributed by atoms with Crippen molar-refractivity contribution in [2.24, 2.45) is 7.05 Å². The summed E-state index contributed by atoms with van der Waals surface area (Å²) in [4.78, 5) is 0. The van der Waals surface area contributed by atoms with Crippen molar-refractivity contribution >= 4 is 0 Å². The number of aromatic nitrogens is 1. The van der Waals surface area contributed by atoms with Crippen LogP contribution in [0.2, 0.25) is 0 Å². The predicted molar refractivity (Wildman–Crippen MR) is 30.8 cm³/mol. The van der Waals surface area contributed by atoms with Gasteiger partial charge in [0, 0.05) is 19.3 Å². The number of rotatable bonds is 1. The molecule has 0 spiro atoms. The van der Waals surface area contributed by atoms with E-state index in [-0.39, 0.29) is 0 Å². The summed E-state index contributed by atoms with van der Waals surface area (Å²) in [6.45, 7) is 0. The zero-order chi connectivity index (χ0) is 5.98. The molecule has 0 atom stereocenters. The normalized spacial score (nSPS) is 9.25. The molecule has 1 radical (unpaired) electrons. The Bertz CT molecular complexity index is 169. The van der Waals surface area contributed by atoms with E-state index in [1.165, 1.54) is 0 Å². The second-order valence-corrected chi connectivity index (χ2v) is 1.58. The Hall–Kier alpha value is -0.920. The monoisotopic (exact) mass is 110 g/mol.